The number of aliphatic hydroxyl groups excluding tert-OH is 1. The quantitative estimate of drug-likeness (QED) is 0.651. The molecule has 0 spiro atoms. The number of hydrogen-bond acceptors (Lipinski definition) is 3. The summed E-state index contributed by atoms with van der Waals surface area (Å²) in [7, 11) is 0. The van der Waals surface area contributed by atoms with E-state index in [1.165, 1.54) is 29.2 Å². The maximum absolute atomic E-state index is 13.9. The predicted molar refractivity (Wildman–Crippen MR) is 113 cm³/mol. The van der Waals surface area contributed by atoms with Crippen LogP contribution in [0.5, 0.6) is 0 Å². The van der Waals surface area contributed by atoms with Gasteiger partial charge in [-0.2, -0.15) is 0 Å². The van der Waals surface area contributed by atoms with Gasteiger partial charge in [-0.05, 0) is 53.4 Å². The summed E-state index contributed by atoms with van der Waals surface area (Å²) < 4.78 is 13.5. The minimum Gasteiger partial charge on any atom is -0.392 e. The zero-order valence-electron chi connectivity index (χ0n) is 16.8. The molecular formula is C26H20FNO3. The molecule has 0 radical (unpaired) electrons. The summed E-state index contributed by atoms with van der Waals surface area (Å²) >= 11 is 0. The lowest BCUT2D eigenvalue weighted by Crippen LogP contribution is -2.58. The first kappa shape index (κ1) is 18.5. The van der Waals surface area contributed by atoms with E-state index < -0.39 is 29.2 Å². The van der Waals surface area contributed by atoms with E-state index in [9.17, 15) is 19.1 Å². The largest absolute Gasteiger partial charge is 0.392 e. The molecule has 4 nitrogen and oxygen atoms in total. The van der Waals surface area contributed by atoms with Gasteiger partial charge >= 0.3 is 0 Å². The average molecular weight is 413 g/mol. The minimum absolute atomic E-state index is 0.264. The van der Waals surface area contributed by atoms with Crippen LogP contribution in [0.25, 0.3) is 0 Å². The molecule has 1 saturated heterocycles. The number of aliphatic hydroxyl groups is 1. The third-order valence-corrected chi connectivity index (χ3v) is 7.43. The highest BCUT2D eigenvalue weighted by Crippen LogP contribution is 2.65. The number of imide groups is 1. The summed E-state index contributed by atoms with van der Waals surface area (Å²) in [5.41, 5.74) is 3.15. The summed E-state index contributed by atoms with van der Waals surface area (Å²) in [5.74, 6) is -2.66. The molecule has 1 N–H and O–H groups in total. The molecule has 0 aromatic heterocycles. The number of carbonyl (C=O) groups excluding carboxylic acids is 2. The maximum Gasteiger partial charge on any atom is 0.239 e. The predicted octanol–water partition coefficient (Wildman–Crippen LogP) is 3.76. The van der Waals surface area contributed by atoms with Crippen molar-refractivity contribution in [2.75, 3.05) is 4.90 Å². The van der Waals surface area contributed by atoms with Gasteiger partial charge in [-0.25, -0.2) is 9.29 Å². The number of amides is 2. The monoisotopic (exact) mass is 413 g/mol. The van der Waals surface area contributed by atoms with Gasteiger partial charge in [0.15, 0.2) is 0 Å². The maximum atomic E-state index is 13.9. The first-order chi connectivity index (χ1) is 15.0. The van der Waals surface area contributed by atoms with Crippen LogP contribution in [0.3, 0.4) is 0 Å². The van der Waals surface area contributed by atoms with Gasteiger partial charge in [0.1, 0.15) is 5.82 Å². The molecule has 1 heterocycles. The molecule has 31 heavy (non-hydrogen) atoms. The van der Waals surface area contributed by atoms with Crippen LogP contribution in [0.15, 0.2) is 72.8 Å². The van der Waals surface area contributed by atoms with Crippen molar-refractivity contribution in [3.05, 3.63) is 101 Å². The molecule has 1 aliphatic heterocycles. The molecule has 0 saturated carbocycles. The van der Waals surface area contributed by atoms with Gasteiger partial charge in [-0.3, -0.25) is 9.59 Å². The highest BCUT2D eigenvalue weighted by molar-refractivity contribution is 6.23. The fourth-order valence-corrected chi connectivity index (χ4v) is 6.38. The van der Waals surface area contributed by atoms with Crippen LogP contribution in [0.1, 0.15) is 35.1 Å². The molecule has 3 unspecified atom stereocenters. The van der Waals surface area contributed by atoms with Crippen LogP contribution < -0.4 is 4.90 Å². The van der Waals surface area contributed by atoms with Crippen molar-refractivity contribution < 1.29 is 19.1 Å². The second-order valence-corrected chi connectivity index (χ2v) is 8.69. The van der Waals surface area contributed by atoms with Crippen molar-refractivity contribution in [1.82, 2.24) is 0 Å². The lowest BCUT2D eigenvalue weighted by molar-refractivity contribution is -0.126. The molecule has 5 heteroatoms. The molecule has 2 bridgehead atoms. The van der Waals surface area contributed by atoms with Gasteiger partial charge in [-0.1, -0.05) is 48.5 Å². The smallest absolute Gasteiger partial charge is 0.239 e. The Morgan fingerprint density at radius 1 is 0.871 bits per heavy atom. The van der Waals surface area contributed by atoms with Crippen LogP contribution in [0.2, 0.25) is 0 Å². The average Bonchev–Trinajstić information content (AvgIpc) is 3.05. The Balaban J connectivity index is 1.66. The normalized spacial score (nSPS) is 28.9. The Morgan fingerprint density at radius 3 is 1.97 bits per heavy atom. The van der Waals surface area contributed by atoms with Crippen molar-refractivity contribution in [2.24, 2.45) is 11.8 Å². The molecule has 3 aromatic rings. The molecule has 3 atom stereocenters. The van der Waals surface area contributed by atoms with E-state index in [2.05, 4.69) is 0 Å². The highest BCUT2D eigenvalue weighted by atomic mass is 19.1. The van der Waals surface area contributed by atoms with E-state index in [1.54, 1.807) is 6.92 Å². The van der Waals surface area contributed by atoms with Crippen LogP contribution in [0.4, 0.5) is 10.1 Å². The Hall–Kier alpha value is -3.31. The van der Waals surface area contributed by atoms with E-state index in [4.69, 9.17) is 0 Å². The lowest BCUT2D eigenvalue weighted by Gasteiger charge is -2.55. The van der Waals surface area contributed by atoms with Gasteiger partial charge in [0, 0.05) is 5.92 Å². The van der Waals surface area contributed by atoms with Gasteiger partial charge in [0.25, 0.3) is 0 Å². The lowest BCUT2D eigenvalue weighted by atomic mass is 9.46. The van der Waals surface area contributed by atoms with Crippen molar-refractivity contribution in [2.45, 2.75) is 24.4 Å². The summed E-state index contributed by atoms with van der Waals surface area (Å²) in [5, 5.41) is 11.3. The molecule has 7 rings (SSSR count). The molecule has 4 aliphatic rings. The van der Waals surface area contributed by atoms with E-state index in [1.807, 2.05) is 48.5 Å². The fraction of sp³-hybridized carbons (Fsp3) is 0.231. The molecule has 3 aromatic carbocycles. The number of anilines is 1. The van der Waals surface area contributed by atoms with Crippen molar-refractivity contribution in [3.8, 4) is 0 Å². The standard InChI is InChI=1S/C26H20FNO3/c1-14(29)26-19-8-4-2-6-17(19)21(18-7-3-5-9-20(18)26)22-23(26)25(31)28(24(22)30)16-12-10-15(27)11-13-16/h2-14,21-23,29H,1H3. The van der Waals surface area contributed by atoms with Gasteiger partial charge in [0.05, 0.1) is 29.0 Å². The van der Waals surface area contributed by atoms with E-state index in [0.29, 0.717) is 5.69 Å². The van der Waals surface area contributed by atoms with Crippen molar-refractivity contribution in [3.63, 3.8) is 0 Å². The topological polar surface area (TPSA) is 57.6 Å². The number of rotatable bonds is 2. The van der Waals surface area contributed by atoms with Crippen molar-refractivity contribution in [1.29, 1.82) is 0 Å². The van der Waals surface area contributed by atoms with Gasteiger partial charge in [-0.15, -0.1) is 0 Å². The van der Waals surface area contributed by atoms with Gasteiger partial charge < -0.3 is 5.11 Å². The Kier molecular flexibility index (Phi) is 3.64. The Labute approximate surface area is 178 Å². The second kappa shape index (κ2) is 6.11. The van der Waals surface area contributed by atoms with Crippen LogP contribution in [-0.4, -0.2) is 23.0 Å². The zero-order chi connectivity index (χ0) is 21.5. The molecule has 1 fully saturated rings. The number of carbonyl (C=O) groups is 2. The molecule has 154 valence electrons. The number of hydrogen-bond donors (Lipinski definition) is 1. The second-order valence-electron chi connectivity index (χ2n) is 8.69. The molecular weight excluding hydrogens is 393 g/mol. The van der Waals surface area contributed by atoms with Crippen LogP contribution >= 0.6 is 0 Å². The number of nitrogens with zero attached hydrogens (tertiary/aromatic N) is 1. The molecule has 3 aliphatic carbocycles. The number of benzene rings is 3. The number of halogens is 1. The minimum atomic E-state index is -1.02. The Morgan fingerprint density at radius 2 is 1.42 bits per heavy atom. The SMILES string of the molecule is CC(O)C12c3ccccc3C(c3ccccc31)C1C(=O)N(c3ccc(F)cc3)C(=O)C12. The van der Waals surface area contributed by atoms with E-state index in [-0.39, 0.29) is 17.7 Å². The summed E-state index contributed by atoms with van der Waals surface area (Å²) in [4.78, 5) is 28.8. The van der Waals surface area contributed by atoms with E-state index >= 15 is 0 Å². The van der Waals surface area contributed by atoms with Crippen molar-refractivity contribution >= 4 is 17.5 Å². The van der Waals surface area contributed by atoms with Crippen LogP contribution in [0, 0.1) is 17.7 Å². The first-order valence-electron chi connectivity index (χ1n) is 10.5. The third kappa shape index (κ3) is 2.07. The summed E-state index contributed by atoms with van der Waals surface area (Å²) in [6, 6.07) is 21.1. The molecule has 2 amide bonds. The summed E-state index contributed by atoms with van der Waals surface area (Å²) in [6.07, 6.45) is -0.895. The zero-order valence-corrected chi connectivity index (χ0v) is 16.8. The fourth-order valence-electron chi connectivity index (χ4n) is 6.38. The van der Waals surface area contributed by atoms with E-state index in [0.717, 1.165) is 22.3 Å². The first-order valence-corrected chi connectivity index (χ1v) is 10.5. The Bertz CT molecular complexity index is 1200. The van der Waals surface area contributed by atoms with Crippen LogP contribution in [-0.2, 0) is 15.0 Å². The van der Waals surface area contributed by atoms with Gasteiger partial charge in [0.2, 0.25) is 11.8 Å². The highest BCUT2D eigenvalue weighted by Gasteiger charge is 2.69. The summed E-state index contributed by atoms with van der Waals surface area (Å²) in [6.45, 7) is 1.70. The third-order valence-electron chi connectivity index (χ3n) is 7.43.